The molecule has 1 aromatic heterocycles. The van der Waals surface area contributed by atoms with Gasteiger partial charge in [0, 0.05) is 38.8 Å². The van der Waals surface area contributed by atoms with Gasteiger partial charge in [-0.1, -0.05) is 0 Å². The van der Waals surface area contributed by atoms with Gasteiger partial charge in [-0.2, -0.15) is 0 Å². The lowest BCUT2D eigenvalue weighted by Gasteiger charge is -2.26. The fourth-order valence-electron chi connectivity index (χ4n) is 1.59. The van der Waals surface area contributed by atoms with E-state index in [1.54, 1.807) is 6.07 Å². The van der Waals surface area contributed by atoms with Crippen LogP contribution in [-0.4, -0.2) is 41.0 Å². The summed E-state index contributed by atoms with van der Waals surface area (Å²) in [5, 5.41) is 3.28. The number of hydrogen-bond acceptors (Lipinski definition) is 4. The topological polar surface area (TPSA) is 61.0 Å². The number of nitrogens with one attached hydrogen (secondary N) is 2. The Balaban J connectivity index is 1.99. The molecule has 0 atom stereocenters. The normalized spacial score (nSPS) is 18.3. The highest BCUT2D eigenvalue weighted by atomic mass is 16.1. The van der Waals surface area contributed by atoms with Crippen molar-refractivity contribution in [1.29, 1.82) is 0 Å². The third-order valence-corrected chi connectivity index (χ3v) is 2.33. The average molecular weight is 194 g/mol. The summed E-state index contributed by atoms with van der Waals surface area (Å²) in [5.74, 6) is 0. The second-order valence-corrected chi connectivity index (χ2v) is 3.43. The summed E-state index contributed by atoms with van der Waals surface area (Å²) >= 11 is 0. The molecule has 2 heterocycles. The quantitative estimate of drug-likeness (QED) is 0.645. The molecule has 0 spiro atoms. The number of piperazine rings is 1. The van der Waals surface area contributed by atoms with Gasteiger partial charge >= 0.3 is 0 Å². The zero-order chi connectivity index (χ0) is 9.80. The van der Waals surface area contributed by atoms with Crippen molar-refractivity contribution in [3.8, 4) is 0 Å². The highest BCUT2D eigenvalue weighted by Gasteiger charge is 2.10. The molecule has 1 saturated heterocycles. The van der Waals surface area contributed by atoms with Crippen molar-refractivity contribution in [2.45, 2.75) is 6.54 Å². The standard InChI is InChI=1S/C9H14N4O/c14-9-5-8(11-7-12-9)6-13-3-1-10-2-4-13/h5,7,10H,1-4,6H2,(H,11,12,14). The second-order valence-electron chi connectivity index (χ2n) is 3.43. The monoisotopic (exact) mass is 194 g/mol. The number of nitrogens with zero attached hydrogens (tertiary/aromatic N) is 2. The number of hydrogen-bond donors (Lipinski definition) is 2. The fourth-order valence-corrected chi connectivity index (χ4v) is 1.59. The van der Waals surface area contributed by atoms with E-state index in [0.29, 0.717) is 0 Å². The van der Waals surface area contributed by atoms with Crippen molar-refractivity contribution in [3.05, 3.63) is 28.4 Å². The summed E-state index contributed by atoms with van der Waals surface area (Å²) in [5.41, 5.74) is 0.765. The van der Waals surface area contributed by atoms with Crippen LogP contribution in [0.3, 0.4) is 0 Å². The van der Waals surface area contributed by atoms with Crippen LogP contribution in [0.15, 0.2) is 17.2 Å². The van der Waals surface area contributed by atoms with Gasteiger partial charge in [0.2, 0.25) is 0 Å². The SMILES string of the molecule is O=c1cc(CN2CCNCC2)nc[nH]1. The van der Waals surface area contributed by atoms with Crippen LogP contribution in [0.2, 0.25) is 0 Å². The first kappa shape index (κ1) is 9.36. The fraction of sp³-hybridized carbons (Fsp3) is 0.556. The van der Waals surface area contributed by atoms with E-state index in [0.717, 1.165) is 38.4 Å². The van der Waals surface area contributed by atoms with Crippen molar-refractivity contribution in [2.75, 3.05) is 26.2 Å². The Bertz CT molecular complexity index is 343. The summed E-state index contributed by atoms with van der Waals surface area (Å²) < 4.78 is 0. The molecule has 5 heteroatoms. The molecule has 14 heavy (non-hydrogen) atoms. The van der Waals surface area contributed by atoms with Gasteiger partial charge in [-0.25, -0.2) is 4.98 Å². The van der Waals surface area contributed by atoms with Crippen molar-refractivity contribution in [1.82, 2.24) is 20.2 Å². The minimum Gasteiger partial charge on any atom is -0.314 e. The smallest absolute Gasteiger partial charge is 0.250 e. The van der Waals surface area contributed by atoms with Gasteiger partial charge in [-0.3, -0.25) is 9.69 Å². The molecule has 0 aromatic carbocycles. The zero-order valence-corrected chi connectivity index (χ0v) is 7.99. The molecule has 0 saturated carbocycles. The Kier molecular flexibility index (Phi) is 2.90. The number of aromatic amines is 1. The van der Waals surface area contributed by atoms with Crippen LogP contribution in [0, 0.1) is 0 Å². The van der Waals surface area contributed by atoms with Crippen LogP contribution in [-0.2, 0) is 6.54 Å². The molecule has 0 radical (unpaired) electrons. The zero-order valence-electron chi connectivity index (χ0n) is 7.99. The van der Waals surface area contributed by atoms with Crippen molar-refractivity contribution >= 4 is 0 Å². The van der Waals surface area contributed by atoms with Gasteiger partial charge < -0.3 is 10.3 Å². The molecule has 0 bridgehead atoms. The average Bonchev–Trinajstić information content (AvgIpc) is 2.19. The largest absolute Gasteiger partial charge is 0.314 e. The molecule has 2 rings (SSSR count). The van der Waals surface area contributed by atoms with Crippen molar-refractivity contribution < 1.29 is 0 Å². The Morgan fingerprint density at radius 3 is 2.93 bits per heavy atom. The lowest BCUT2D eigenvalue weighted by Crippen LogP contribution is -2.43. The van der Waals surface area contributed by atoms with E-state index >= 15 is 0 Å². The van der Waals surface area contributed by atoms with E-state index in [4.69, 9.17) is 0 Å². The van der Waals surface area contributed by atoms with Gasteiger partial charge in [-0.05, 0) is 0 Å². The summed E-state index contributed by atoms with van der Waals surface area (Å²) in [6.07, 6.45) is 1.46. The Labute approximate surface area is 82.2 Å². The van der Waals surface area contributed by atoms with E-state index in [1.165, 1.54) is 6.33 Å². The van der Waals surface area contributed by atoms with E-state index in [9.17, 15) is 4.79 Å². The van der Waals surface area contributed by atoms with Crippen LogP contribution >= 0.6 is 0 Å². The van der Waals surface area contributed by atoms with Gasteiger partial charge in [0.15, 0.2) is 0 Å². The Morgan fingerprint density at radius 1 is 1.43 bits per heavy atom. The first-order valence-electron chi connectivity index (χ1n) is 4.81. The van der Waals surface area contributed by atoms with E-state index in [-0.39, 0.29) is 5.56 Å². The van der Waals surface area contributed by atoms with Crippen molar-refractivity contribution in [2.24, 2.45) is 0 Å². The van der Waals surface area contributed by atoms with E-state index in [2.05, 4.69) is 20.2 Å². The first-order valence-corrected chi connectivity index (χ1v) is 4.81. The minimum absolute atomic E-state index is 0.0786. The predicted molar refractivity (Wildman–Crippen MR) is 53.0 cm³/mol. The predicted octanol–water partition coefficient (Wildman–Crippen LogP) is -0.825. The molecule has 1 aliphatic rings. The summed E-state index contributed by atoms with van der Waals surface area (Å²) in [6, 6.07) is 1.56. The maximum absolute atomic E-state index is 11.0. The number of aromatic nitrogens is 2. The molecule has 1 aromatic rings. The molecule has 0 aliphatic carbocycles. The van der Waals surface area contributed by atoms with E-state index < -0.39 is 0 Å². The molecule has 76 valence electrons. The summed E-state index contributed by atoms with van der Waals surface area (Å²) in [4.78, 5) is 19.9. The number of H-pyrrole nitrogens is 1. The van der Waals surface area contributed by atoms with Crippen LogP contribution in [0.5, 0.6) is 0 Å². The summed E-state index contributed by atoms with van der Waals surface area (Å²) in [7, 11) is 0. The maximum Gasteiger partial charge on any atom is 0.250 e. The first-order chi connectivity index (χ1) is 6.84. The molecule has 1 fully saturated rings. The lowest BCUT2D eigenvalue weighted by atomic mass is 10.3. The highest BCUT2D eigenvalue weighted by molar-refractivity contribution is 4.98. The highest BCUT2D eigenvalue weighted by Crippen LogP contribution is 1.99. The maximum atomic E-state index is 11.0. The molecular weight excluding hydrogens is 180 g/mol. The van der Waals surface area contributed by atoms with Gasteiger partial charge in [0.05, 0.1) is 12.0 Å². The second kappa shape index (κ2) is 4.34. The molecule has 5 nitrogen and oxygen atoms in total. The van der Waals surface area contributed by atoms with Crippen LogP contribution in [0.4, 0.5) is 0 Å². The molecule has 0 amide bonds. The van der Waals surface area contributed by atoms with Gasteiger partial charge in [-0.15, -0.1) is 0 Å². The Morgan fingerprint density at radius 2 is 2.21 bits per heavy atom. The third-order valence-electron chi connectivity index (χ3n) is 2.33. The van der Waals surface area contributed by atoms with Gasteiger partial charge in [0.1, 0.15) is 0 Å². The Hall–Kier alpha value is -1.20. The van der Waals surface area contributed by atoms with Gasteiger partial charge in [0.25, 0.3) is 5.56 Å². The lowest BCUT2D eigenvalue weighted by molar-refractivity contribution is 0.230. The minimum atomic E-state index is -0.0786. The van der Waals surface area contributed by atoms with Crippen molar-refractivity contribution in [3.63, 3.8) is 0 Å². The summed E-state index contributed by atoms with van der Waals surface area (Å²) in [6.45, 7) is 4.85. The van der Waals surface area contributed by atoms with Crippen LogP contribution < -0.4 is 10.9 Å². The van der Waals surface area contributed by atoms with Crippen LogP contribution in [0.25, 0.3) is 0 Å². The molecule has 0 unspecified atom stereocenters. The molecular formula is C9H14N4O. The van der Waals surface area contributed by atoms with Crippen LogP contribution in [0.1, 0.15) is 5.69 Å². The third kappa shape index (κ3) is 2.40. The van der Waals surface area contributed by atoms with E-state index in [1.807, 2.05) is 0 Å². The molecule has 2 N–H and O–H groups in total. The molecule has 1 aliphatic heterocycles. The number of rotatable bonds is 2.